The van der Waals surface area contributed by atoms with E-state index in [1.165, 1.54) is 0 Å². The summed E-state index contributed by atoms with van der Waals surface area (Å²) < 4.78 is 1.78. The van der Waals surface area contributed by atoms with Crippen LogP contribution in [0.2, 0.25) is 5.02 Å². The van der Waals surface area contributed by atoms with E-state index in [2.05, 4.69) is 0 Å². The normalized spacial score (nSPS) is 11.0. The molecule has 0 bridgehead atoms. The van der Waals surface area contributed by atoms with Crippen LogP contribution in [-0.4, -0.2) is 15.6 Å². The minimum absolute atomic E-state index is 0.0903. The highest BCUT2D eigenvalue weighted by Gasteiger charge is 2.18. The SMILES string of the molecule is Cc1c(Sc2ccc(Cl)cc2)c2c(N)cccc2n1CC(=O)O. The van der Waals surface area contributed by atoms with Crippen LogP contribution in [0.1, 0.15) is 5.69 Å². The molecule has 2 aromatic carbocycles. The number of aliphatic carboxylic acids is 1. The Labute approximate surface area is 142 Å². The molecule has 118 valence electrons. The smallest absolute Gasteiger partial charge is 0.323 e. The lowest BCUT2D eigenvalue weighted by atomic mass is 10.2. The lowest BCUT2D eigenvalue weighted by Gasteiger charge is -2.05. The molecule has 0 radical (unpaired) electrons. The van der Waals surface area contributed by atoms with E-state index in [9.17, 15) is 9.90 Å². The Kier molecular flexibility index (Phi) is 4.24. The van der Waals surface area contributed by atoms with Crippen LogP contribution < -0.4 is 5.73 Å². The molecule has 0 aliphatic heterocycles. The van der Waals surface area contributed by atoms with Crippen molar-refractivity contribution < 1.29 is 9.90 Å². The summed E-state index contributed by atoms with van der Waals surface area (Å²) in [5, 5.41) is 10.8. The largest absolute Gasteiger partial charge is 0.480 e. The Morgan fingerprint density at radius 3 is 2.61 bits per heavy atom. The fourth-order valence-corrected chi connectivity index (χ4v) is 3.81. The van der Waals surface area contributed by atoms with Crippen LogP contribution in [0.3, 0.4) is 0 Å². The summed E-state index contributed by atoms with van der Waals surface area (Å²) in [5.74, 6) is -0.879. The maximum atomic E-state index is 11.2. The average molecular weight is 347 g/mol. The van der Waals surface area contributed by atoms with Gasteiger partial charge in [0.05, 0.1) is 5.52 Å². The summed E-state index contributed by atoms with van der Waals surface area (Å²) in [6, 6.07) is 13.1. The zero-order chi connectivity index (χ0) is 16.6. The molecule has 0 fully saturated rings. The number of benzene rings is 2. The van der Waals surface area contributed by atoms with E-state index >= 15 is 0 Å². The number of carbonyl (C=O) groups is 1. The maximum Gasteiger partial charge on any atom is 0.323 e. The first kappa shape index (κ1) is 15.8. The second-order valence-electron chi connectivity index (χ2n) is 5.19. The molecule has 4 nitrogen and oxygen atoms in total. The number of halogens is 1. The molecule has 23 heavy (non-hydrogen) atoms. The van der Waals surface area contributed by atoms with Gasteiger partial charge < -0.3 is 15.4 Å². The van der Waals surface area contributed by atoms with Gasteiger partial charge in [0.15, 0.2) is 0 Å². The topological polar surface area (TPSA) is 68.2 Å². The van der Waals surface area contributed by atoms with Gasteiger partial charge in [-0.2, -0.15) is 0 Å². The predicted molar refractivity (Wildman–Crippen MR) is 94.3 cm³/mol. The Bertz CT molecular complexity index is 888. The van der Waals surface area contributed by atoms with Gasteiger partial charge in [0.1, 0.15) is 6.54 Å². The highest BCUT2D eigenvalue weighted by atomic mass is 35.5. The van der Waals surface area contributed by atoms with Crippen LogP contribution in [0.4, 0.5) is 5.69 Å². The van der Waals surface area contributed by atoms with Gasteiger partial charge in [0.25, 0.3) is 0 Å². The Balaban J connectivity index is 2.17. The first-order valence-corrected chi connectivity index (χ1v) is 8.19. The van der Waals surface area contributed by atoms with Gasteiger partial charge in [-0.25, -0.2) is 0 Å². The highest BCUT2D eigenvalue weighted by molar-refractivity contribution is 7.99. The lowest BCUT2D eigenvalue weighted by molar-refractivity contribution is -0.137. The number of rotatable bonds is 4. The minimum atomic E-state index is -0.879. The van der Waals surface area contributed by atoms with Crippen molar-refractivity contribution in [1.29, 1.82) is 0 Å². The summed E-state index contributed by atoms with van der Waals surface area (Å²) >= 11 is 7.49. The standard InChI is InChI=1S/C17H15ClN2O2S/c1-10-17(23-12-7-5-11(18)6-8-12)16-13(19)3-2-4-14(16)20(10)9-15(21)22/h2-8H,9,19H2,1H3,(H,21,22). The third-order valence-electron chi connectivity index (χ3n) is 3.65. The molecule has 0 aliphatic carbocycles. The molecule has 1 aromatic heterocycles. The third kappa shape index (κ3) is 3.02. The van der Waals surface area contributed by atoms with Crippen LogP contribution in [0.5, 0.6) is 0 Å². The molecule has 0 unspecified atom stereocenters. The first-order chi connectivity index (χ1) is 11.0. The molecule has 6 heteroatoms. The molecule has 0 aliphatic rings. The Morgan fingerprint density at radius 1 is 1.26 bits per heavy atom. The van der Waals surface area contributed by atoms with Crippen molar-refractivity contribution in [2.45, 2.75) is 23.3 Å². The fourth-order valence-electron chi connectivity index (χ4n) is 2.60. The van der Waals surface area contributed by atoms with Crippen molar-refractivity contribution in [2.75, 3.05) is 5.73 Å². The van der Waals surface area contributed by atoms with E-state index in [0.29, 0.717) is 10.7 Å². The summed E-state index contributed by atoms with van der Waals surface area (Å²) in [6.07, 6.45) is 0. The van der Waals surface area contributed by atoms with E-state index in [1.807, 2.05) is 49.4 Å². The molecule has 0 atom stereocenters. The number of anilines is 1. The van der Waals surface area contributed by atoms with Gasteiger partial charge in [0, 0.05) is 31.6 Å². The Morgan fingerprint density at radius 2 is 1.96 bits per heavy atom. The summed E-state index contributed by atoms with van der Waals surface area (Å²) in [6.45, 7) is 1.83. The quantitative estimate of drug-likeness (QED) is 0.686. The van der Waals surface area contributed by atoms with Gasteiger partial charge in [-0.3, -0.25) is 4.79 Å². The monoisotopic (exact) mass is 346 g/mol. The van der Waals surface area contributed by atoms with Crippen LogP contribution >= 0.6 is 23.4 Å². The average Bonchev–Trinajstić information content (AvgIpc) is 2.76. The number of aromatic nitrogens is 1. The van der Waals surface area contributed by atoms with E-state index < -0.39 is 5.97 Å². The number of carboxylic acids is 1. The molecule has 3 rings (SSSR count). The Hall–Kier alpha value is -2.11. The van der Waals surface area contributed by atoms with E-state index in [4.69, 9.17) is 17.3 Å². The first-order valence-electron chi connectivity index (χ1n) is 7.00. The summed E-state index contributed by atoms with van der Waals surface area (Å²) in [7, 11) is 0. The molecular weight excluding hydrogens is 332 g/mol. The van der Waals surface area contributed by atoms with Crippen LogP contribution in [-0.2, 0) is 11.3 Å². The van der Waals surface area contributed by atoms with E-state index in [1.54, 1.807) is 16.3 Å². The van der Waals surface area contributed by atoms with E-state index in [0.717, 1.165) is 26.4 Å². The third-order valence-corrected chi connectivity index (χ3v) is 5.12. The van der Waals surface area contributed by atoms with Crippen molar-refractivity contribution in [2.24, 2.45) is 0 Å². The number of hydrogen-bond donors (Lipinski definition) is 2. The zero-order valence-electron chi connectivity index (χ0n) is 12.4. The van der Waals surface area contributed by atoms with Gasteiger partial charge in [-0.15, -0.1) is 0 Å². The number of carboxylic acid groups (broad SMARTS) is 1. The molecule has 1 heterocycles. The number of fused-ring (bicyclic) bond motifs is 1. The van der Waals surface area contributed by atoms with Crippen molar-refractivity contribution >= 4 is 45.9 Å². The van der Waals surface area contributed by atoms with Gasteiger partial charge in [-0.05, 0) is 43.3 Å². The molecule has 0 spiro atoms. The van der Waals surface area contributed by atoms with Crippen LogP contribution in [0.15, 0.2) is 52.3 Å². The van der Waals surface area contributed by atoms with Gasteiger partial charge >= 0.3 is 5.97 Å². The van der Waals surface area contributed by atoms with Crippen molar-refractivity contribution in [3.8, 4) is 0 Å². The van der Waals surface area contributed by atoms with Gasteiger partial charge in [0.2, 0.25) is 0 Å². The maximum absolute atomic E-state index is 11.2. The van der Waals surface area contributed by atoms with Gasteiger partial charge in [-0.1, -0.05) is 29.4 Å². The molecule has 0 amide bonds. The number of nitrogens with two attached hydrogens (primary N) is 1. The summed E-state index contributed by atoms with van der Waals surface area (Å²) in [4.78, 5) is 13.2. The molecule has 0 saturated carbocycles. The van der Waals surface area contributed by atoms with Crippen LogP contribution in [0.25, 0.3) is 10.9 Å². The molecule has 3 aromatic rings. The lowest BCUT2D eigenvalue weighted by Crippen LogP contribution is -2.09. The minimum Gasteiger partial charge on any atom is -0.480 e. The predicted octanol–water partition coefficient (Wildman–Crippen LogP) is 4.42. The van der Waals surface area contributed by atoms with Crippen molar-refractivity contribution in [3.63, 3.8) is 0 Å². The molecule has 3 N–H and O–H groups in total. The fraction of sp³-hybridized carbons (Fsp3) is 0.118. The summed E-state index contributed by atoms with van der Waals surface area (Å²) in [5.41, 5.74) is 8.52. The molecular formula is C17H15ClN2O2S. The number of hydrogen-bond acceptors (Lipinski definition) is 3. The highest BCUT2D eigenvalue weighted by Crippen LogP contribution is 2.40. The second-order valence-corrected chi connectivity index (χ2v) is 6.71. The number of nitrogen functional groups attached to an aromatic ring is 1. The second kappa shape index (κ2) is 6.18. The van der Waals surface area contributed by atoms with E-state index in [-0.39, 0.29) is 6.54 Å². The van der Waals surface area contributed by atoms with Crippen molar-refractivity contribution in [3.05, 3.63) is 53.2 Å². The zero-order valence-corrected chi connectivity index (χ0v) is 14.0. The molecule has 0 saturated heterocycles. The number of nitrogens with zero attached hydrogens (tertiary/aromatic N) is 1. The van der Waals surface area contributed by atoms with Crippen LogP contribution in [0, 0.1) is 6.92 Å². The van der Waals surface area contributed by atoms with Crippen molar-refractivity contribution in [1.82, 2.24) is 4.57 Å².